The fraction of sp³-hybridized carbons (Fsp3) is 0. The highest BCUT2D eigenvalue weighted by molar-refractivity contribution is 14.1. The molecule has 0 spiro atoms. The maximum atomic E-state index is 5.24. The molecular weight excluding hydrogens is 315 g/mol. The van der Waals surface area contributed by atoms with Crippen LogP contribution in [0.3, 0.4) is 0 Å². The van der Waals surface area contributed by atoms with Crippen LogP contribution in [0.25, 0.3) is 22.2 Å². The topological polar surface area (TPSA) is 38.9 Å². The highest BCUT2D eigenvalue weighted by Crippen LogP contribution is 2.25. The van der Waals surface area contributed by atoms with Gasteiger partial charge in [-0.1, -0.05) is 0 Å². The molecule has 0 saturated carbocycles. The minimum Gasteiger partial charge on any atom is -0.453 e. The third kappa shape index (κ3) is 1.59. The fourth-order valence-electron chi connectivity index (χ4n) is 1.57. The Kier molecular flexibility index (Phi) is 2.36. The van der Waals surface area contributed by atoms with Crippen molar-refractivity contribution in [2.24, 2.45) is 0 Å². The smallest absolute Gasteiger partial charge is 0.170 e. The highest BCUT2D eigenvalue weighted by atomic mass is 127. The van der Waals surface area contributed by atoms with Crippen molar-refractivity contribution in [2.75, 3.05) is 0 Å². The van der Waals surface area contributed by atoms with Crippen molar-refractivity contribution in [2.45, 2.75) is 0 Å². The van der Waals surface area contributed by atoms with Crippen LogP contribution in [-0.4, -0.2) is 9.97 Å². The Hall–Kier alpha value is -1.43. The van der Waals surface area contributed by atoms with Crippen LogP contribution in [0.15, 0.2) is 41.1 Å². The second-order valence-electron chi connectivity index (χ2n) is 3.31. The summed E-state index contributed by atoms with van der Waals surface area (Å²) in [5, 5.41) is 1.04. The summed E-state index contributed by atoms with van der Waals surface area (Å²) in [5.74, 6) is 0.807. The highest BCUT2D eigenvalue weighted by Gasteiger charge is 2.05. The lowest BCUT2D eigenvalue weighted by Gasteiger charge is -2.01. The molecule has 2 aromatic heterocycles. The first kappa shape index (κ1) is 9.77. The Labute approximate surface area is 106 Å². The molecule has 0 atom stereocenters. The Bertz CT molecular complexity index is 635. The van der Waals surface area contributed by atoms with Crippen molar-refractivity contribution >= 4 is 33.5 Å². The zero-order valence-corrected chi connectivity index (χ0v) is 10.3. The van der Waals surface area contributed by atoms with Gasteiger partial charge in [-0.25, -0.2) is 9.97 Å². The summed E-state index contributed by atoms with van der Waals surface area (Å²) in [4.78, 5) is 8.38. The molecule has 4 heteroatoms. The van der Waals surface area contributed by atoms with Gasteiger partial charge in [-0.3, -0.25) is 0 Å². The summed E-state index contributed by atoms with van der Waals surface area (Å²) in [6.07, 6.45) is 4.26. The van der Waals surface area contributed by atoms with E-state index in [0.29, 0.717) is 0 Å². The van der Waals surface area contributed by atoms with E-state index in [-0.39, 0.29) is 0 Å². The lowest BCUT2D eigenvalue weighted by Crippen LogP contribution is -1.87. The van der Waals surface area contributed by atoms with E-state index in [1.807, 2.05) is 24.3 Å². The van der Waals surface area contributed by atoms with E-state index < -0.39 is 0 Å². The fourth-order valence-corrected chi connectivity index (χ4v) is 2.13. The first-order chi connectivity index (χ1) is 7.84. The van der Waals surface area contributed by atoms with Crippen LogP contribution >= 0.6 is 22.6 Å². The second kappa shape index (κ2) is 3.86. The molecule has 0 unspecified atom stereocenters. The maximum absolute atomic E-state index is 5.24. The summed E-state index contributed by atoms with van der Waals surface area (Å²) in [5.41, 5.74) is 1.96. The zero-order chi connectivity index (χ0) is 11.0. The number of hydrogen-bond acceptors (Lipinski definition) is 3. The molecule has 3 aromatic rings. The van der Waals surface area contributed by atoms with Gasteiger partial charge in [0, 0.05) is 10.9 Å². The summed E-state index contributed by atoms with van der Waals surface area (Å²) in [7, 11) is 0. The van der Waals surface area contributed by atoms with Gasteiger partial charge in [0.05, 0.1) is 5.52 Å². The van der Waals surface area contributed by atoms with Gasteiger partial charge in [-0.15, -0.1) is 0 Å². The standard InChI is InChI=1S/C12H6IN2O/c13-12-9-6-8(11-2-1-5-16-11)3-4-10(9)14-7-15-12/h1-4,6-7H. The van der Waals surface area contributed by atoms with Crippen LogP contribution in [0.2, 0.25) is 0 Å². The van der Waals surface area contributed by atoms with Crippen molar-refractivity contribution in [3.8, 4) is 11.3 Å². The number of hydrogen-bond donors (Lipinski definition) is 0. The average Bonchev–Trinajstić information content (AvgIpc) is 2.83. The van der Waals surface area contributed by atoms with Crippen molar-refractivity contribution in [1.29, 1.82) is 0 Å². The minimum atomic E-state index is 0.807. The summed E-state index contributed by atoms with van der Waals surface area (Å²) >= 11 is 2.20. The normalized spacial score (nSPS) is 10.8. The third-order valence-electron chi connectivity index (χ3n) is 2.34. The molecule has 0 fully saturated rings. The molecule has 0 N–H and O–H groups in total. The molecule has 0 bridgehead atoms. The molecule has 1 aromatic carbocycles. The van der Waals surface area contributed by atoms with Gasteiger partial charge in [0.25, 0.3) is 0 Å². The molecule has 2 heterocycles. The lowest BCUT2D eigenvalue weighted by molar-refractivity contribution is 0.573. The van der Waals surface area contributed by atoms with Crippen LogP contribution in [0, 0.1) is 9.96 Å². The maximum Gasteiger partial charge on any atom is 0.170 e. The van der Waals surface area contributed by atoms with E-state index in [2.05, 4.69) is 38.8 Å². The number of benzene rings is 1. The average molecular weight is 321 g/mol. The predicted molar refractivity (Wildman–Crippen MR) is 68.8 cm³/mol. The Morgan fingerprint density at radius 3 is 2.94 bits per heavy atom. The molecule has 0 saturated heterocycles. The van der Waals surface area contributed by atoms with Gasteiger partial charge < -0.3 is 4.42 Å². The van der Waals surface area contributed by atoms with Crippen molar-refractivity contribution < 1.29 is 4.42 Å². The summed E-state index contributed by atoms with van der Waals surface area (Å²) in [6, 6.07) is 9.63. The number of halogens is 1. The molecule has 3 nitrogen and oxygen atoms in total. The molecule has 16 heavy (non-hydrogen) atoms. The minimum absolute atomic E-state index is 0.807. The molecule has 77 valence electrons. The Morgan fingerprint density at radius 1 is 1.19 bits per heavy atom. The van der Waals surface area contributed by atoms with Gasteiger partial charge >= 0.3 is 0 Å². The first-order valence-electron chi connectivity index (χ1n) is 4.71. The van der Waals surface area contributed by atoms with E-state index in [1.165, 1.54) is 0 Å². The molecule has 0 aliphatic carbocycles. The van der Waals surface area contributed by atoms with Gasteiger partial charge in [0.2, 0.25) is 0 Å². The van der Waals surface area contributed by atoms with Gasteiger partial charge in [-0.2, -0.15) is 0 Å². The van der Waals surface area contributed by atoms with E-state index in [4.69, 9.17) is 4.42 Å². The van der Waals surface area contributed by atoms with Crippen LogP contribution < -0.4 is 0 Å². The lowest BCUT2D eigenvalue weighted by atomic mass is 10.1. The van der Waals surface area contributed by atoms with Gasteiger partial charge in [0.15, 0.2) is 6.26 Å². The van der Waals surface area contributed by atoms with E-state index in [9.17, 15) is 0 Å². The monoisotopic (exact) mass is 321 g/mol. The predicted octanol–water partition coefficient (Wildman–Crippen LogP) is 3.29. The van der Waals surface area contributed by atoms with Crippen molar-refractivity contribution in [3.63, 3.8) is 0 Å². The van der Waals surface area contributed by atoms with Crippen LogP contribution in [0.1, 0.15) is 0 Å². The van der Waals surface area contributed by atoms with Gasteiger partial charge in [-0.05, 0) is 52.9 Å². The third-order valence-corrected chi connectivity index (χ3v) is 3.20. The Balaban J connectivity index is 2.27. The zero-order valence-electron chi connectivity index (χ0n) is 8.14. The summed E-state index contributed by atoms with van der Waals surface area (Å²) in [6.45, 7) is 0. The number of aromatic nitrogens is 2. The number of rotatable bonds is 1. The molecule has 3 rings (SSSR count). The molecule has 0 aliphatic rings. The van der Waals surface area contributed by atoms with E-state index >= 15 is 0 Å². The quantitative estimate of drug-likeness (QED) is 0.510. The van der Waals surface area contributed by atoms with Gasteiger partial charge in [0.1, 0.15) is 15.8 Å². The van der Waals surface area contributed by atoms with Crippen molar-refractivity contribution in [3.05, 3.63) is 46.6 Å². The van der Waals surface area contributed by atoms with E-state index in [0.717, 1.165) is 25.9 Å². The molecule has 0 aliphatic heterocycles. The second-order valence-corrected chi connectivity index (χ2v) is 4.34. The number of furan rings is 1. The Morgan fingerprint density at radius 2 is 2.12 bits per heavy atom. The van der Waals surface area contributed by atoms with Crippen LogP contribution in [-0.2, 0) is 0 Å². The molecule has 1 radical (unpaired) electrons. The molecular formula is C12H6IN2O. The summed E-state index contributed by atoms with van der Waals surface area (Å²) < 4.78 is 6.18. The number of fused-ring (bicyclic) bond motifs is 1. The number of nitrogens with zero attached hydrogens (tertiary/aromatic N) is 2. The van der Waals surface area contributed by atoms with E-state index in [1.54, 1.807) is 12.4 Å². The van der Waals surface area contributed by atoms with Crippen molar-refractivity contribution in [1.82, 2.24) is 9.97 Å². The largest absolute Gasteiger partial charge is 0.453 e. The molecule has 0 amide bonds. The van der Waals surface area contributed by atoms with Crippen LogP contribution in [0.5, 0.6) is 0 Å². The SMILES string of the molecule is Ic1ncnc2ccc(-c3cc[c]o3)cc12. The first-order valence-corrected chi connectivity index (χ1v) is 5.79. The van der Waals surface area contributed by atoms with Crippen LogP contribution in [0.4, 0.5) is 0 Å².